The Morgan fingerprint density at radius 1 is 1.21 bits per heavy atom. The maximum atomic E-state index is 12.7. The van der Waals surface area contributed by atoms with Gasteiger partial charge in [0.2, 0.25) is 15.9 Å². The summed E-state index contributed by atoms with van der Waals surface area (Å²) in [7, 11) is -3.57. The van der Waals surface area contributed by atoms with Gasteiger partial charge in [0, 0.05) is 24.7 Å². The lowest BCUT2D eigenvalue weighted by atomic mass is 9.94. The van der Waals surface area contributed by atoms with Crippen molar-refractivity contribution in [2.75, 3.05) is 11.4 Å². The van der Waals surface area contributed by atoms with Gasteiger partial charge in [-0.1, -0.05) is 34.6 Å². The van der Waals surface area contributed by atoms with E-state index in [0.717, 1.165) is 11.3 Å². The molecule has 0 aromatic heterocycles. The topological polar surface area (TPSA) is 66.5 Å². The van der Waals surface area contributed by atoms with Gasteiger partial charge in [-0.2, -0.15) is 0 Å². The van der Waals surface area contributed by atoms with Crippen LogP contribution >= 0.6 is 0 Å². The Balaban J connectivity index is 2.29. The van der Waals surface area contributed by atoms with Crippen molar-refractivity contribution >= 4 is 21.6 Å². The molecule has 0 aliphatic carbocycles. The first kappa shape index (κ1) is 18.9. The van der Waals surface area contributed by atoms with Crippen LogP contribution < -0.4 is 9.62 Å². The Morgan fingerprint density at radius 2 is 1.83 bits per heavy atom. The van der Waals surface area contributed by atoms with E-state index in [1.807, 2.05) is 34.6 Å². The third kappa shape index (κ3) is 3.81. The molecule has 5 nitrogen and oxygen atoms in total. The number of nitrogens with one attached hydrogen (secondary N) is 1. The number of hydrogen-bond acceptors (Lipinski definition) is 3. The Labute approximate surface area is 145 Å². The van der Waals surface area contributed by atoms with Crippen LogP contribution in [-0.4, -0.2) is 26.9 Å². The summed E-state index contributed by atoms with van der Waals surface area (Å²) in [6.07, 6.45) is 1.15. The number of benzene rings is 1. The fraction of sp³-hybridized carbons (Fsp3) is 0.611. The molecular formula is C18H28N2O3S. The second-order valence-electron chi connectivity index (χ2n) is 7.07. The van der Waals surface area contributed by atoms with E-state index in [1.54, 1.807) is 23.1 Å². The molecule has 0 saturated heterocycles. The fourth-order valence-electron chi connectivity index (χ4n) is 3.28. The molecular weight excluding hydrogens is 324 g/mol. The van der Waals surface area contributed by atoms with Gasteiger partial charge < -0.3 is 4.90 Å². The molecule has 1 heterocycles. The first-order valence-corrected chi connectivity index (χ1v) is 10.1. The Hall–Kier alpha value is -1.40. The van der Waals surface area contributed by atoms with E-state index >= 15 is 0 Å². The summed E-state index contributed by atoms with van der Waals surface area (Å²) in [5.74, 6) is 0.501. The molecule has 0 unspecified atom stereocenters. The highest BCUT2D eigenvalue weighted by atomic mass is 32.2. The SMILES string of the molecule is CCC(=O)N1CCc2cc(S(=O)(=O)NC(C(C)C)C(C)C)ccc21. The van der Waals surface area contributed by atoms with Crippen LogP contribution in [0.5, 0.6) is 0 Å². The number of hydrogen-bond donors (Lipinski definition) is 1. The second kappa shape index (κ2) is 7.23. The number of rotatable bonds is 6. The monoisotopic (exact) mass is 352 g/mol. The minimum absolute atomic E-state index is 0.0714. The summed E-state index contributed by atoms with van der Waals surface area (Å²) in [6, 6.07) is 4.95. The average Bonchev–Trinajstić information content (AvgIpc) is 2.94. The lowest BCUT2D eigenvalue weighted by molar-refractivity contribution is -0.118. The number of amides is 1. The molecule has 1 N–H and O–H groups in total. The maximum absolute atomic E-state index is 12.7. The van der Waals surface area contributed by atoms with E-state index in [1.165, 1.54) is 0 Å². The minimum Gasteiger partial charge on any atom is -0.312 e. The van der Waals surface area contributed by atoms with Gasteiger partial charge in [-0.25, -0.2) is 13.1 Å². The van der Waals surface area contributed by atoms with E-state index in [2.05, 4.69) is 4.72 Å². The fourth-order valence-corrected chi connectivity index (χ4v) is 4.87. The third-order valence-corrected chi connectivity index (χ3v) is 6.05. The van der Waals surface area contributed by atoms with Crippen molar-refractivity contribution < 1.29 is 13.2 Å². The van der Waals surface area contributed by atoms with Crippen LogP contribution in [0, 0.1) is 11.8 Å². The van der Waals surface area contributed by atoms with Gasteiger partial charge >= 0.3 is 0 Å². The molecule has 1 aromatic carbocycles. The molecule has 1 amide bonds. The summed E-state index contributed by atoms with van der Waals surface area (Å²) < 4.78 is 28.3. The third-order valence-electron chi connectivity index (χ3n) is 4.59. The molecule has 0 radical (unpaired) electrons. The van der Waals surface area contributed by atoms with Gasteiger partial charge in [0.05, 0.1) is 4.90 Å². The largest absolute Gasteiger partial charge is 0.312 e. The highest BCUT2D eigenvalue weighted by Crippen LogP contribution is 2.31. The zero-order chi connectivity index (χ0) is 18.1. The summed E-state index contributed by atoms with van der Waals surface area (Å²) in [4.78, 5) is 14.0. The van der Waals surface area contributed by atoms with Crippen LogP contribution in [0.4, 0.5) is 5.69 Å². The van der Waals surface area contributed by atoms with Crippen LogP contribution in [0.1, 0.15) is 46.6 Å². The van der Waals surface area contributed by atoms with Crippen LogP contribution in [-0.2, 0) is 21.2 Å². The van der Waals surface area contributed by atoms with Gasteiger partial charge in [0.25, 0.3) is 0 Å². The summed E-state index contributed by atoms with van der Waals surface area (Å²) >= 11 is 0. The van der Waals surface area contributed by atoms with Gasteiger partial charge in [-0.05, 0) is 42.0 Å². The maximum Gasteiger partial charge on any atom is 0.240 e. The second-order valence-corrected chi connectivity index (χ2v) is 8.79. The molecule has 0 atom stereocenters. The molecule has 134 valence electrons. The Morgan fingerprint density at radius 3 is 2.38 bits per heavy atom. The molecule has 0 fully saturated rings. The normalized spacial score (nSPS) is 14.8. The molecule has 24 heavy (non-hydrogen) atoms. The first-order valence-electron chi connectivity index (χ1n) is 8.63. The van der Waals surface area contributed by atoms with Crippen molar-refractivity contribution in [2.24, 2.45) is 11.8 Å². The summed E-state index contributed by atoms with van der Waals surface area (Å²) in [5, 5.41) is 0. The lowest BCUT2D eigenvalue weighted by Gasteiger charge is -2.26. The molecule has 2 rings (SSSR count). The number of carbonyl (C=O) groups is 1. The molecule has 1 aliphatic heterocycles. The molecule has 0 spiro atoms. The van der Waals surface area contributed by atoms with Crippen LogP contribution in [0.25, 0.3) is 0 Å². The Bertz CT molecular complexity index is 703. The molecule has 6 heteroatoms. The number of fused-ring (bicyclic) bond motifs is 1. The Kier molecular flexibility index (Phi) is 5.71. The van der Waals surface area contributed by atoms with Crippen molar-refractivity contribution in [2.45, 2.75) is 58.4 Å². The van der Waals surface area contributed by atoms with Crippen LogP contribution in [0.15, 0.2) is 23.1 Å². The van der Waals surface area contributed by atoms with E-state index < -0.39 is 10.0 Å². The van der Waals surface area contributed by atoms with Crippen LogP contribution in [0.3, 0.4) is 0 Å². The minimum atomic E-state index is -3.57. The smallest absolute Gasteiger partial charge is 0.240 e. The molecule has 1 aromatic rings. The van der Waals surface area contributed by atoms with Crippen LogP contribution in [0.2, 0.25) is 0 Å². The van der Waals surface area contributed by atoms with Gasteiger partial charge in [-0.15, -0.1) is 0 Å². The molecule has 1 aliphatic rings. The van der Waals surface area contributed by atoms with E-state index in [0.29, 0.717) is 19.4 Å². The predicted molar refractivity (Wildman–Crippen MR) is 96.6 cm³/mol. The lowest BCUT2D eigenvalue weighted by Crippen LogP contribution is -2.42. The zero-order valence-corrected chi connectivity index (χ0v) is 16.0. The average molecular weight is 353 g/mol. The number of carbonyl (C=O) groups excluding carboxylic acids is 1. The van der Waals surface area contributed by atoms with Gasteiger partial charge in [-0.3, -0.25) is 4.79 Å². The number of anilines is 1. The quantitative estimate of drug-likeness (QED) is 0.856. The summed E-state index contributed by atoms with van der Waals surface area (Å²) in [5.41, 5.74) is 1.76. The van der Waals surface area contributed by atoms with E-state index in [4.69, 9.17) is 0 Å². The van der Waals surface area contributed by atoms with Crippen molar-refractivity contribution in [1.29, 1.82) is 0 Å². The standard InChI is InChI=1S/C18H28N2O3S/c1-6-17(21)20-10-9-14-11-15(7-8-16(14)20)24(22,23)19-18(12(2)3)13(4)5/h7-8,11-13,18-19H,6,9-10H2,1-5H3. The van der Waals surface area contributed by atoms with E-state index in [9.17, 15) is 13.2 Å². The molecule has 0 saturated carbocycles. The number of nitrogens with zero attached hydrogens (tertiary/aromatic N) is 1. The predicted octanol–water partition coefficient (Wildman–Crippen LogP) is 2.94. The number of sulfonamides is 1. The van der Waals surface area contributed by atoms with Crippen molar-refractivity contribution in [1.82, 2.24) is 4.72 Å². The van der Waals surface area contributed by atoms with Crippen molar-refractivity contribution in [3.8, 4) is 0 Å². The first-order chi connectivity index (χ1) is 11.2. The summed E-state index contributed by atoms with van der Waals surface area (Å²) in [6.45, 7) is 10.5. The van der Waals surface area contributed by atoms with Crippen molar-refractivity contribution in [3.05, 3.63) is 23.8 Å². The van der Waals surface area contributed by atoms with Gasteiger partial charge in [0.15, 0.2) is 0 Å². The van der Waals surface area contributed by atoms with Crippen molar-refractivity contribution in [3.63, 3.8) is 0 Å². The highest BCUT2D eigenvalue weighted by Gasteiger charge is 2.28. The van der Waals surface area contributed by atoms with Gasteiger partial charge in [0.1, 0.15) is 0 Å². The highest BCUT2D eigenvalue weighted by molar-refractivity contribution is 7.89. The molecule has 0 bridgehead atoms. The zero-order valence-electron chi connectivity index (χ0n) is 15.2. The van der Waals surface area contributed by atoms with E-state index in [-0.39, 0.29) is 28.7 Å².